The topological polar surface area (TPSA) is 99.9 Å². The fourth-order valence-corrected chi connectivity index (χ4v) is 1.38. The van der Waals surface area contributed by atoms with Gasteiger partial charge >= 0.3 is 5.97 Å². The van der Waals surface area contributed by atoms with Gasteiger partial charge in [0.1, 0.15) is 6.20 Å². The van der Waals surface area contributed by atoms with Crippen LogP contribution in [0.25, 0.3) is 0 Å². The molecule has 1 aromatic carbocycles. The number of benzene rings is 1. The molecule has 0 heterocycles. The zero-order chi connectivity index (χ0) is 12.1. The van der Waals surface area contributed by atoms with Crippen LogP contribution in [0.3, 0.4) is 0 Å². The highest BCUT2D eigenvalue weighted by Gasteiger charge is 2.09. The van der Waals surface area contributed by atoms with Gasteiger partial charge in [0.2, 0.25) is 0 Å². The first-order chi connectivity index (χ1) is 7.50. The van der Waals surface area contributed by atoms with E-state index in [1.54, 1.807) is 6.07 Å². The van der Waals surface area contributed by atoms with Crippen molar-refractivity contribution in [1.29, 1.82) is 0 Å². The van der Waals surface area contributed by atoms with Crippen LogP contribution in [-0.4, -0.2) is 11.1 Å². The molecule has 1 aromatic rings. The summed E-state index contributed by atoms with van der Waals surface area (Å²) in [4.78, 5) is 10.9. The molecule has 0 unspecified atom stereocenters. The number of aromatic carboxylic acids is 1. The van der Waals surface area contributed by atoms with Crippen molar-refractivity contribution < 1.29 is 15.1 Å². The molecule has 0 fully saturated rings. The average Bonchev–Trinajstić information content (AvgIpc) is 2.19. The number of hydrogen-bond acceptors (Lipinski definition) is 4. The summed E-state index contributed by atoms with van der Waals surface area (Å²) in [6.45, 7) is 0. The van der Waals surface area contributed by atoms with Crippen LogP contribution < -0.4 is 10.5 Å². The highest BCUT2D eigenvalue weighted by Crippen LogP contribution is 2.20. The molecule has 16 heavy (non-hydrogen) atoms. The van der Waals surface area contributed by atoms with Crippen molar-refractivity contribution in [1.82, 2.24) is 0 Å². The van der Waals surface area contributed by atoms with Gasteiger partial charge in [-0.15, -0.1) is 0 Å². The standard InChI is InChI=1S/C9H8BrN2O4/c10-6-1-2-8(7(5-6)9(13)14)11-3-4-12(15)16/h1-5,11-12H,(H,13,14)/q-1/b4-3+. The number of rotatable bonds is 4. The summed E-state index contributed by atoms with van der Waals surface area (Å²) in [5.74, 6) is -1.11. The van der Waals surface area contributed by atoms with E-state index in [0.29, 0.717) is 10.2 Å². The fraction of sp³-hybridized carbons (Fsp3) is 0. The first kappa shape index (κ1) is 12.7. The van der Waals surface area contributed by atoms with Crippen molar-refractivity contribution in [2.75, 3.05) is 5.32 Å². The van der Waals surface area contributed by atoms with E-state index >= 15 is 0 Å². The molecule has 0 bridgehead atoms. The molecular formula is C9H8BrN2O4-. The predicted molar refractivity (Wildman–Crippen MR) is 61.6 cm³/mol. The number of halogens is 1. The lowest BCUT2D eigenvalue weighted by atomic mass is 10.2. The van der Waals surface area contributed by atoms with E-state index in [9.17, 15) is 15.2 Å². The molecule has 0 amide bonds. The van der Waals surface area contributed by atoms with Gasteiger partial charge in [-0.25, -0.2) is 4.79 Å². The van der Waals surface area contributed by atoms with Crippen LogP contribution in [-0.2, 0) is 0 Å². The highest BCUT2D eigenvalue weighted by atomic mass is 79.9. The predicted octanol–water partition coefficient (Wildman–Crippen LogP) is 0.911. The zero-order valence-electron chi connectivity index (χ0n) is 7.94. The highest BCUT2D eigenvalue weighted by molar-refractivity contribution is 9.10. The third-order valence-corrected chi connectivity index (χ3v) is 2.16. The molecule has 86 valence electrons. The summed E-state index contributed by atoms with van der Waals surface area (Å²) in [6.07, 6.45) is 1.87. The maximum absolute atomic E-state index is 10.9. The number of carboxylic acids is 1. The van der Waals surface area contributed by atoms with Crippen molar-refractivity contribution in [3.63, 3.8) is 0 Å². The van der Waals surface area contributed by atoms with Crippen LogP contribution in [0.15, 0.2) is 35.1 Å². The Hall–Kier alpha value is -1.41. The van der Waals surface area contributed by atoms with Crippen molar-refractivity contribution in [3.05, 3.63) is 51.0 Å². The van der Waals surface area contributed by atoms with Crippen molar-refractivity contribution >= 4 is 27.6 Å². The Morgan fingerprint density at radius 2 is 2.19 bits per heavy atom. The van der Waals surface area contributed by atoms with E-state index < -0.39 is 11.2 Å². The molecule has 0 spiro atoms. The first-order valence-electron chi connectivity index (χ1n) is 4.17. The summed E-state index contributed by atoms with van der Waals surface area (Å²) >= 11 is 3.14. The molecule has 1 rings (SSSR count). The van der Waals surface area contributed by atoms with Crippen LogP contribution >= 0.6 is 15.9 Å². The maximum Gasteiger partial charge on any atom is 0.337 e. The van der Waals surface area contributed by atoms with Crippen LogP contribution in [0.1, 0.15) is 10.4 Å². The minimum atomic E-state index is -1.36. The molecule has 0 aliphatic rings. The van der Waals surface area contributed by atoms with Crippen molar-refractivity contribution in [2.45, 2.75) is 0 Å². The smallest absolute Gasteiger partial charge is 0.337 e. The second-order valence-corrected chi connectivity index (χ2v) is 3.71. The number of nitrogens with one attached hydrogen (secondary N) is 2. The molecule has 7 heteroatoms. The van der Waals surface area contributed by atoms with E-state index in [-0.39, 0.29) is 5.56 Å². The molecule has 3 N–H and O–H groups in total. The largest absolute Gasteiger partial charge is 0.628 e. The summed E-state index contributed by atoms with van der Waals surface area (Å²) in [7, 11) is 0. The fourth-order valence-electron chi connectivity index (χ4n) is 1.02. The van der Waals surface area contributed by atoms with Gasteiger partial charge in [-0.3, -0.25) is 0 Å². The second kappa shape index (κ2) is 5.61. The minimum Gasteiger partial charge on any atom is -0.628 e. The van der Waals surface area contributed by atoms with Gasteiger partial charge in [0.25, 0.3) is 0 Å². The molecule has 0 aliphatic carbocycles. The molecule has 0 radical (unpaired) electrons. The van der Waals surface area contributed by atoms with E-state index in [4.69, 9.17) is 5.11 Å². The quantitative estimate of drug-likeness (QED) is 0.715. The van der Waals surface area contributed by atoms with Gasteiger partial charge in [0.05, 0.1) is 17.5 Å². The molecule has 0 saturated heterocycles. The summed E-state index contributed by atoms with van der Waals surface area (Å²) < 4.78 is 0.624. The zero-order valence-corrected chi connectivity index (χ0v) is 9.52. The van der Waals surface area contributed by atoms with Crippen LogP contribution in [0, 0.1) is 10.4 Å². The summed E-state index contributed by atoms with van der Waals surface area (Å²) in [6, 6.07) is 4.58. The summed E-state index contributed by atoms with van der Waals surface area (Å²) in [5, 5.41) is 30.3. The Bertz CT molecular complexity index is 420. The number of carbonyl (C=O) groups is 1. The van der Waals surface area contributed by atoms with E-state index in [2.05, 4.69) is 21.2 Å². The third-order valence-electron chi connectivity index (χ3n) is 1.67. The number of anilines is 1. The van der Waals surface area contributed by atoms with Gasteiger partial charge in [-0.1, -0.05) is 15.9 Å². The van der Waals surface area contributed by atoms with Crippen LogP contribution in [0.5, 0.6) is 0 Å². The Morgan fingerprint density at radius 1 is 1.50 bits per heavy atom. The molecule has 0 aromatic heterocycles. The second-order valence-electron chi connectivity index (χ2n) is 2.79. The normalized spacial score (nSPS) is 11.0. The monoisotopic (exact) mass is 287 g/mol. The summed E-state index contributed by atoms with van der Waals surface area (Å²) in [5.41, 5.74) is 0.338. The molecule has 0 atom stereocenters. The Balaban J connectivity index is 2.91. The van der Waals surface area contributed by atoms with E-state index in [1.807, 2.05) is 0 Å². The lowest BCUT2D eigenvalue weighted by Gasteiger charge is -2.19. The van der Waals surface area contributed by atoms with Gasteiger partial charge < -0.3 is 26.1 Å². The average molecular weight is 288 g/mol. The lowest BCUT2D eigenvalue weighted by Crippen LogP contribution is -2.96. The van der Waals surface area contributed by atoms with Gasteiger partial charge in [0, 0.05) is 4.47 Å². The Kier molecular flexibility index (Phi) is 4.44. The van der Waals surface area contributed by atoms with Gasteiger partial charge in [-0.2, -0.15) is 0 Å². The lowest BCUT2D eigenvalue weighted by molar-refractivity contribution is -0.731. The maximum atomic E-state index is 10.9. The van der Waals surface area contributed by atoms with Crippen molar-refractivity contribution in [3.8, 4) is 0 Å². The first-order valence-corrected chi connectivity index (χ1v) is 4.97. The van der Waals surface area contributed by atoms with Gasteiger partial charge in [0.15, 0.2) is 0 Å². The SMILES string of the molecule is O=C(O)c1cc(Br)ccc1N/C=C/[NH+]([O-])[O-]. The minimum absolute atomic E-state index is 0.0392. The Morgan fingerprint density at radius 3 is 2.75 bits per heavy atom. The molecule has 0 saturated carbocycles. The third kappa shape index (κ3) is 3.63. The number of hydrogen-bond donors (Lipinski definition) is 3. The van der Waals surface area contributed by atoms with Gasteiger partial charge in [-0.05, 0) is 18.2 Å². The number of hydroxylamine groups is 2. The molecule has 0 aliphatic heterocycles. The van der Waals surface area contributed by atoms with Crippen LogP contribution in [0.2, 0.25) is 0 Å². The van der Waals surface area contributed by atoms with Crippen molar-refractivity contribution in [2.24, 2.45) is 0 Å². The molecule has 6 nitrogen and oxygen atoms in total. The number of quaternary nitrogens is 1. The van der Waals surface area contributed by atoms with E-state index in [1.165, 1.54) is 12.1 Å². The Labute approximate surface area is 99.5 Å². The molecular weight excluding hydrogens is 280 g/mol. The number of carboxylic acid groups (broad SMARTS) is 1. The van der Waals surface area contributed by atoms with Crippen LogP contribution in [0.4, 0.5) is 5.69 Å². The van der Waals surface area contributed by atoms with E-state index in [0.717, 1.165) is 12.4 Å².